The molecule has 1 aliphatic rings. The number of rotatable bonds is 6. The number of barbiturate groups is 1. The minimum atomic E-state index is -0.944. The number of urea groups is 1. The molecule has 1 aliphatic heterocycles. The number of nitrogens with zero attached hydrogens (tertiary/aromatic N) is 1. The molecule has 0 radical (unpaired) electrons. The molecule has 3 aromatic rings. The molecule has 8 nitrogen and oxygen atoms in total. The number of carbonyl (C=O) groups excluding carboxylic acids is 4. The van der Waals surface area contributed by atoms with Gasteiger partial charge in [-0.15, -0.1) is 0 Å². The minimum absolute atomic E-state index is 0.00740. The fraction of sp³-hybridized carbons (Fsp3) is 0.0400. The van der Waals surface area contributed by atoms with Crippen LogP contribution in [0.25, 0.3) is 6.08 Å². The number of nitrogens with one attached hydrogen (secondary N) is 2. The van der Waals surface area contributed by atoms with E-state index in [9.17, 15) is 23.6 Å². The molecule has 12 heteroatoms. The van der Waals surface area contributed by atoms with Crippen molar-refractivity contribution >= 4 is 76.0 Å². The third-order valence-corrected chi connectivity index (χ3v) is 6.07. The summed E-state index contributed by atoms with van der Waals surface area (Å²) in [4.78, 5) is 50.6. The summed E-state index contributed by atoms with van der Waals surface area (Å²) < 4.78 is 19.1. The van der Waals surface area contributed by atoms with Crippen LogP contribution in [0.3, 0.4) is 0 Å². The number of carbonyl (C=O) groups is 4. The molecule has 0 spiro atoms. The van der Waals surface area contributed by atoms with Crippen LogP contribution in [0.5, 0.6) is 5.75 Å². The number of ether oxygens (including phenoxy) is 1. The summed E-state index contributed by atoms with van der Waals surface area (Å²) in [5.41, 5.74) is 0.133. The van der Waals surface area contributed by atoms with Crippen molar-refractivity contribution in [3.05, 3.63) is 92.7 Å². The summed E-state index contributed by atoms with van der Waals surface area (Å²) in [6.45, 7) is -0.448. The average Bonchev–Trinajstić information content (AvgIpc) is 2.84. The van der Waals surface area contributed by atoms with E-state index in [2.05, 4.69) is 10.6 Å². The van der Waals surface area contributed by atoms with Crippen LogP contribution < -0.4 is 20.3 Å². The fourth-order valence-corrected chi connectivity index (χ4v) is 3.83. The normalized spacial score (nSPS) is 14.5. The molecule has 1 heterocycles. The molecule has 5 amide bonds. The van der Waals surface area contributed by atoms with Crippen LogP contribution in [0.4, 0.5) is 20.6 Å². The van der Waals surface area contributed by atoms with E-state index in [1.165, 1.54) is 60.7 Å². The second kappa shape index (κ2) is 11.0. The Hall–Kier alpha value is -3.92. The largest absolute Gasteiger partial charge is 0.482 e. The lowest BCUT2D eigenvalue weighted by molar-refractivity contribution is -0.122. The summed E-state index contributed by atoms with van der Waals surface area (Å²) >= 11 is 18.1. The van der Waals surface area contributed by atoms with Crippen molar-refractivity contribution in [2.75, 3.05) is 16.8 Å². The van der Waals surface area contributed by atoms with Gasteiger partial charge < -0.3 is 10.1 Å². The Balaban J connectivity index is 1.49. The molecular weight excluding hydrogens is 548 g/mol. The van der Waals surface area contributed by atoms with Crippen LogP contribution in [0.1, 0.15) is 5.56 Å². The van der Waals surface area contributed by atoms with Gasteiger partial charge in [0.05, 0.1) is 26.4 Å². The number of hydrogen-bond acceptors (Lipinski definition) is 5. The Morgan fingerprint density at radius 2 is 1.73 bits per heavy atom. The molecule has 0 aliphatic carbocycles. The van der Waals surface area contributed by atoms with Gasteiger partial charge in [0.15, 0.2) is 6.61 Å². The van der Waals surface area contributed by atoms with Gasteiger partial charge in [-0.05, 0) is 54.1 Å². The van der Waals surface area contributed by atoms with E-state index in [0.717, 1.165) is 4.90 Å². The minimum Gasteiger partial charge on any atom is -0.482 e. The highest BCUT2D eigenvalue weighted by molar-refractivity contribution is 6.43. The molecule has 0 unspecified atom stereocenters. The molecule has 2 N–H and O–H groups in total. The highest BCUT2D eigenvalue weighted by Gasteiger charge is 2.37. The van der Waals surface area contributed by atoms with Crippen molar-refractivity contribution in [2.45, 2.75) is 0 Å². The molecule has 0 bridgehead atoms. The summed E-state index contributed by atoms with van der Waals surface area (Å²) in [6.07, 6.45) is 1.25. The maximum Gasteiger partial charge on any atom is 0.335 e. The van der Waals surface area contributed by atoms with Crippen LogP contribution in [-0.2, 0) is 14.4 Å². The molecule has 0 saturated carbocycles. The average molecular weight is 563 g/mol. The van der Waals surface area contributed by atoms with Crippen LogP contribution >= 0.6 is 34.8 Å². The topological polar surface area (TPSA) is 105 Å². The summed E-state index contributed by atoms with van der Waals surface area (Å²) in [6, 6.07) is 13.2. The third-order valence-electron chi connectivity index (χ3n) is 5.04. The number of amides is 5. The van der Waals surface area contributed by atoms with Gasteiger partial charge in [0, 0.05) is 0 Å². The Morgan fingerprint density at radius 1 is 0.973 bits per heavy atom. The first-order valence-corrected chi connectivity index (χ1v) is 11.6. The molecule has 37 heavy (non-hydrogen) atoms. The predicted molar refractivity (Wildman–Crippen MR) is 137 cm³/mol. The number of benzene rings is 3. The third kappa shape index (κ3) is 5.91. The summed E-state index contributed by atoms with van der Waals surface area (Å²) in [5.74, 6) is -2.84. The van der Waals surface area contributed by atoms with Crippen LogP contribution in [-0.4, -0.2) is 30.4 Å². The number of imide groups is 2. The van der Waals surface area contributed by atoms with Crippen molar-refractivity contribution in [3.8, 4) is 5.75 Å². The van der Waals surface area contributed by atoms with E-state index in [-0.39, 0.29) is 37.8 Å². The van der Waals surface area contributed by atoms with Crippen molar-refractivity contribution < 1.29 is 28.3 Å². The van der Waals surface area contributed by atoms with E-state index >= 15 is 0 Å². The van der Waals surface area contributed by atoms with Gasteiger partial charge >= 0.3 is 6.03 Å². The number of hydrogen-bond donors (Lipinski definition) is 2. The van der Waals surface area contributed by atoms with Gasteiger partial charge in [0.25, 0.3) is 17.7 Å². The lowest BCUT2D eigenvalue weighted by Crippen LogP contribution is -2.54. The molecule has 0 atom stereocenters. The van der Waals surface area contributed by atoms with Gasteiger partial charge in [-0.25, -0.2) is 14.1 Å². The smallest absolute Gasteiger partial charge is 0.335 e. The molecule has 3 aromatic carbocycles. The fourth-order valence-electron chi connectivity index (χ4n) is 3.30. The lowest BCUT2D eigenvalue weighted by atomic mass is 10.1. The summed E-state index contributed by atoms with van der Waals surface area (Å²) in [7, 11) is 0. The molecule has 0 aromatic heterocycles. The van der Waals surface area contributed by atoms with Gasteiger partial charge in [-0.1, -0.05) is 53.0 Å². The zero-order valence-corrected chi connectivity index (χ0v) is 20.8. The standard InChI is InChI=1S/C25H15Cl3FN3O5/c26-16-7-6-14(11-17(16)27)32-24(35)15(23(34)31-25(32)36)9-13-5-8-21(18(28)10-13)37-12-22(33)30-20-4-2-1-3-19(20)29/h1-11H,12H2,(H,30,33)(H,31,34,36)/b15-9-. The van der Waals surface area contributed by atoms with Crippen molar-refractivity contribution in [1.29, 1.82) is 0 Å². The van der Waals surface area contributed by atoms with Crippen LogP contribution in [0, 0.1) is 5.82 Å². The molecule has 1 fully saturated rings. The predicted octanol–water partition coefficient (Wildman–Crippen LogP) is 5.47. The summed E-state index contributed by atoms with van der Waals surface area (Å²) in [5, 5.41) is 4.90. The van der Waals surface area contributed by atoms with E-state index in [1.54, 1.807) is 6.07 Å². The number of anilines is 2. The maximum atomic E-state index is 13.7. The first kappa shape index (κ1) is 26.2. The molecular formula is C25H15Cl3FN3O5. The highest BCUT2D eigenvalue weighted by Crippen LogP contribution is 2.30. The first-order chi connectivity index (χ1) is 17.6. The lowest BCUT2D eigenvalue weighted by Gasteiger charge is -2.26. The monoisotopic (exact) mass is 561 g/mol. The van der Waals surface area contributed by atoms with Gasteiger partial charge in [0.2, 0.25) is 0 Å². The maximum absolute atomic E-state index is 13.7. The van der Waals surface area contributed by atoms with Gasteiger partial charge in [0.1, 0.15) is 17.1 Å². The highest BCUT2D eigenvalue weighted by atomic mass is 35.5. The zero-order valence-electron chi connectivity index (χ0n) is 18.6. The second-order valence-corrected chi connectivity index (χ2v) is 8.78. The quantitative estimate of drug-likeness (QED) is 0.306. The van der Waals surface area contributed by atoms with Crippen molar-refractivity contribution in [3.63, 3.8) is 0 Å². The number of para-hydroxylation sites is 1. The Morgan fingerprint density at radius 3 is 2.43 bits per heavy atom. The number of halogens is 4. The first-order valence-electron chi connectivity index (χ1n) is 10.5. The molecule has 1 saturated heterocycles. The van der Waals surface area contributed by atoms with E-state index in [0.29, 0.717) is 5.56 Å². The van der Waals surface area contributed by atoms with Gasteiger partial charge in [-0.3, -0.25) is 19.7 Å². The van der Waals surface area contributed by atoms with E-state index in [4.69, 9.17) is 39.5 Å². The van der Waals surface area contributed by atoms with E-state index in [1.807, 2.05) is 0 Å². The Bertz CT molecular complexity index is 1480. The van der Waals surface area contributed by atoms with Gasteiger partial charge in [-0.2, -0.15) is 0 Å². The SMILES string of the molecule is O=C(COc1ccc(/C=C2/C(=O)NC(=O)N(c3ccc(Cl)c(Cl)c3)C2=O)cc1Cl)Nc1ccccc1F. The second-order valence-electron chi connectivity index (χ2n) is 7.56. The van der Waals surface area contributed by atoms with E-state index < -0.39 is 36.2 Å². The molecule has 188 valence electrons. The molecule has 4 rings (SSSR count). The van der Waals surface area contributed by atoms with Crippen LogP contribution in [0.2, 0.25) is 15.1 Å². The Labute approximate surface area is 224 Å². The van der Waals surface area contributed by atoms with Crippen molar-refractivity contribution in [2.24, 2.45) is 0 Å². The zero-order chi connectivity index (χ0) is 26.7. The Kier molecular flexibility index (Phi) is 7.77. The van der Waals surface area contributed by atoms with Crippen molar-refractivity contribution in [1.82, 2.24) is 5.32 Å². The van der Waals surface area contributed by atoms with Crippen LogP contribution in [0.15, 0.2) is 66.2 Å².